The number of aromatic nitrogens is 2. The summed E-state index contributed by atoms with van der Waals surface area (Å²) in [5, 5.41) is 5.50. The number of rotatable bonds is 2. The second kappa shape index (κ2) is 4.75. The van der Waals surface area contributed by atoms with Gasteiger partial charge in [-0.2, -0.15) is 0 Å². The van der Waals surface area contributed by atoms with Gasteiger partial charge in [-0.1, -0.05) is 0 Å². The lowest BCUT2D eigenvalue weighted by atomic mass is 10.2. The summed E-state index contributed by atoms with van der Waals surface area (Å²) in [5.41, 5.74) is -0.171. The Hall–Kier alpha value is -2.15. The van der Waals surface area contributed by atoms with E-state index < -0.39 is 17.5 Å². The molecule has 0 aliphatic rings. The van der Waals surface area contributed by atoms with E-state index in [4.69, 9.17) is 0 Å². The van der Waals surface area contributed by atoms with Crippen LogP contribution in [0.4, 0.5) is 19.0 Å². The van der Waals surface area contributed by atoms with E-state index in [1.54, 1.807) is 7.05 Å². The number of anilines is 1. The number of nitrogens with zero attached hydrogens (tertiary/aromatic N) is 2. The van der Waals surface area contributed by atoms with Crippen molar-refractivity contribution < 1.29 is 13.2 Å². The molecule has 2 aromatic heterocycles. The molecule has 3 nitrogen and oxygen atoms in total. The standard InChI is InChI=1S/C13H8F3N3S/c1-17-11-7-4-5-20-13(7)19-12(18-11)6-2-3-8(14)10(16)9(6)15/h2-5H,1H3,(H,17,18,19). The van der Waals surface area contributed by atoms with E-state index in [0.717, 1.165) is 17.5 Å². The van der Waals surface area contributed by atoms with E-state index in [0.29, 0.717) is 10.6 Å². The fourth-order valence-corrected chi connectivity index (χ4v) is 2.63. The van der Waals surface area contributed by atoms with Gasteiger partial charge in [-0.15, -0.1) is 11.3 Å². The van der Waals surface area contributed by atoms with Crippen LogP contribution in [0.3, 0.4) is 0 Å². The van der Waals surface area contributed by atoms with E-state index in [1.165, 1.54) is 11.3 Å². The van der Waals surface area contributed by atoms with Gasteiger partial charge < -0.3 is 5.32 Å². The van der Waals surface area contributed by atoms with Gasteiger partial charge in [0, 0.05) is 7.05 Å². The molecular weight excluding hydrogens is 287 g/mol. The highest BCUT2D eigenvalue weighted by Gasteiger charge is 2.18. The summed E-state index contributed by atoms with van der Waals surface area (Å²) in [7, 11) is 1.67. The summed E-state index contributed by atoms with van der Waals surface area (Å²) >= 11 is 1.36. The van der Waals surface area contributed by atoms with Gasteiger partial charge in [0.05, 0.1) is 10.9 Å². The third-order valence-electron chi connectivity index (χ3n) is 2.84. The zero-order chi connectivity index (χ0) is 14.3. The molecule has 2 heterocycles. The van der Waals surface area contributed by atoms with E-state index in [9.17, 15) is 13.2 Å². The van der Waals surface area contributed by atoms with Gasteiger partial charge in [-0.25, -0.2) is 23.1 Å². The van der Waals surface area contributed by atoms with Crippen molar-refractivity contribution in [1.29, 1.82) is 0 Å². The van der Waals surface area contributed by atoms with Gasteiger partial charge in [-0.05, 0) is 23.6 Å². The number of benzene rings is 1. The van der Waals surface area contributed by atoms with Gasteiger partial charge >= 0.3 is 0 Å². The molecule has 7 heteroatoms. The molecule has 0 fully saturated rings. The second-order valence-corrected chi connectivity index (χ2v) is 4.90. The van der Waals surface area contributed by atoms with Crippen LogP contribution >= 0.6 is 11.3 Å². The number of fused-ring (bicyclic) bond motifs is 1. The Balaban J connectivity index is 2.27. The summed E-state index contributed by atoms with van der Waals surface area (Å²) in [6, 6.07) is 3.81. The van der Waals surface area contributed by atoms with Crippen molar-refractivity contribution in [3.05, 3.63) is 41.0 Å². The van der Waals surface area contributed by atoms with Gasteiger partial charge in [0.1, 0.15) is 10.6 Å². The highest BCUT2D eigenvalue weighted by molar-refractivity contribution is 7.16. The fraction of sp³-hybridized carbons (Fsp3) is 0.0769. The summed E-state index contributed by atoms with van der Waals surface area (Å²) in [6.45, 7) is 0. The highest BCUT2D eigenvalue weighted by Crippen LogP contribution is 2.30. The van der Waals surface area contributed by atoms with Gasteiger partial charge in [0.2, 0.25) is 0 Å². The molecule has 0 radical (unpaired) electrons. The minimum absolute atomic E-state index is 0.0145. The highest BCUT2D eigenvalue weighted by atomic mass is 32.1. The van der Waals surface area contributed by atoms with Crippen molar-refractivity contribution in [3.8, 4) is 11.4 Å². The Bertz CT molecular complexity index is 801. The first-order valence-corrected chi connectivity index (χ1v) is 6.56. The summed E-state index contributed by atoms with van der Waals surface area (Å²) in [5.74, 6) is -3.53. The minimum Gasteiger partial charge on any atom is -0.372 e. The van der Waals surface area contributed by atoms with Crippen LogP contribution in [0, 0.1) is 17.5 Å². The van der Waals surface area contributed by atoms with Crippen molar-refractivity contribution in [2.45, 2.75) is 0 Å². The normalized spacial score (nSPS) is 11.0. The van der Waals surface area contributed by atoms with Crippen LogP contribution in [0.2, 0.25) is 0 Å². The van der Waals surface area contributed by atoms with Crippen molar-refractivity contribution in [2.75, 3.05) is 12.4 Å². The first-order valence-electron chi connectivity index (χ1n) is 5.68. The van der Waals surface area contributed by atoms with Crippen LogP contribution in [-0.4, -0.2) is 17.0 Å². The van der Waals surface area contributed by atoms with Crippen LogP contribution in [0.1, 0.15) is 0 Å². The predicted octanol–water partition coefficient (Wildman–Crippen LogP) is 3.82. The fourth-order valence-electron chi connectivity index (χ4n) is 1.87. The van der Waals surface area contributed by atoms with Crippen molar-refractivity contribution in [3.63, 3.8) is 0 Å². The maximum atomic E-state index is 13.8. The van der Waals surface area contributed by atoms with E-state index in [-0.39, 0.29) is 11.4 Å². The molecule has 3 aromatic rings. The largest absolute Gasteiger partial charge is 0.372 e. The van der Waals surface area contributed by atoms with Crippen molar-refractivity contribution in [1.82, 2.24) is 9.97 Å². The van der Waals surface area contributed by atoms with Gasteiger partial charge in [-0.3, -0.25) is 0 Å². The van der Waals surface area contributed by atoms with Crippen LogP contribution in [-0.2, 0) is 0 Å². The van der Waals surface area contributed by atoms with Crippen molar-refractivity contribution in [2.24, 2.45) is 0 Å². The van der Waals surface area contributed by atoms with Gasteiger partial charge in [0.15, 0.2) is 23.3 Å². The topological polar surface area (TPSA) is 37.8 Å². The Kier molecular flexibility index (Phi) is 3.06. The Labute approximate surface area is 116 Å². The molecule has 0 saturated carbocycles. The molecule has 0 aliphatic carbocycles. The van der Waals surface area contributed by atoms with Crippen molar-refractivity contribution >= 4 is 27.4 Å². The number of nitrogens with one attached hydrogen (secondary N) is 1. The SMILES string of the molecule is CNc1nc(-c2ccc(F)c(F)c2F)nc2sccc12. The molecule has 1 N–H and O–H groups in total. The summed E-state index contributed by atoms with van der Waals surface area (Å²) in [4.78, 5) is 8.97. The number of halogens is 3. The summed E-state index contributed by atoms with van der Waals surface area (Å²) < 4.78 is 40.1. The molecule has 0 bridgehead atoms. The third-order valence-corrected chi connectivity index (χ3v) is 3.64. The molecule has 0 unspecified atom stereocenters. The second-order valence-electron chi connectivity index (χ2n) is 4.01. The van der Waals surface area contributed by atoms with Crippen LogP contribution in [0.25, 0.3) is 21.6 Å². The zero-order valence-corrected chi connectivity index (χ0v) is 11.1. The first-order chi connectivity index (χ1) is 9.61. The van der Waals surface area contributed by atoms with E-state index >= 15 is 0 Å². The molecule has 1 aromatic carbocycles. The third kappa shape index (κ3) is 1.90. The average Bonchev–Trinajstić information content (AvgIpc) is 2.92. The maximum Gasteiger partial charge on any atom is 0.195 e. The Morgan fingerprint density at radius 2 is 1.85 bits per heavy atom. The monoisotopic (exact) mass is 295 g/mol. The minimum atomic E-state index is -1.52. The first kappa shape index (κ1) is 12.9. The lowest BCUT2D eigenvalue weighted by molar-refractivity contribution is 0.448. The Morgan fingerprint density at radius 3 is 2.60 bits per heavy atom. The molecule has 0 atom stereocenters. The smallest absolute Gasteiger partial charge is 0.195 e. The molecule has 0 aliphatic heterocycles. The number of hydrogen-bond donors (Lipinski definition) is 1. The molecule has 0 amide bonds. The predicted molar refractivity (Wildman–Crippen MR) is 72.3 cm³/mol. The lowest BCUT2D eigenvalue weighted by Crippen LogP contribution is -2.00. The molecule has 0 saturated heterocycles. The number of thiophene rings is 1. The number of hydrogen-bond acceptors (Lipinski definition) is 4. The molecule has 3 rings (SSSR count). The molecular formula is C13H8F3N3S. The maximum absolute atomic E-state index is 13.8. The Morgan fingerprint density at radius 1 is 1.05 bits per heavy atom. The van der Waals surface area contributed by atoms with Crippen LogP contribution in [0.15, 0.2) is 23.6 Å². The molecule has 20 heavy (non-hydrogen) atoms. The van der Waals surface area contributed by atoms with Crippen LogP contribution < -0.4 is 5.32 Å². The average molecular weight is 295 g/mol. The van der Waals surface area contributed by atoms with E-state index in [1.807, 2.05) is 11.4 Å². The zero-order valence-electron chi connectivity index (χ0n) is 10.2. The quantitative estimate of drug-likeness (QED) is 0.730. The lowest BCUT2D eigenvalue weighted by Gasteiger charge is -2.07. The van der Waals surface area contributed by atoms with E-state index in [2.05, 4.69) is 15.3 Å². The summed E-state index contributed by atoms with van der Waals surface area (Å²) in [6.07, 6.45) is 0. The molecule has 102 valence electrons. The van der Waals surface area contributed by atoms with Crippen LogP contribution in [0.5, 0.6) is 0 Å². The molecule has 0 spiro atoms. The van der Waals surface area contributed by atoms with Gasteiger partial charge in [0.25, 0.3) is 0 Å².